The maximum atomic E-state index is 5.68. The number of hydrogen-bond acceptors (Lipinski definition) is 3. The van der Waals surface area contributed by atoms with Gasteiger partial charge in [-0.25, -0.2) is 4.98 Å². The van der Waals surface area contributed by atoms with Gasteiger partial charge in [0.2, 0.25) is 0 Å². The van der Waals surface area contributed by atoms with E-state index in [9.17, 15) is 0 Å². The van der Waals surface area contributed by atoms with Crippen LogP contribution in [0.2, 0.25) is 0 Å². The number of morpholine rings is 1. The van der Waals surface area contributed by atoms with Gasteiger partial charge in [0.25, 0.3) is 0 Å². The number of imidazole rings is 1. The van der Waals surface area contributed by atoms with Crippen LogP contribution in [0, 0.1) is 6.92 Å². The molecule has 3 rings (SSSR count). The third-order valence-corrected chi connectivity index (χ3v) is 2.97. The van der Waals surface area contributed by atoms with Gasteiger partial charge >= 0.3 is 0 Å². The van der Waals surface area contributed by atoms with E-state index in [1.807, 2.05) is 6.07 Å². The minimum Gasteiger partial charge on any atom is -0.368 e. The number of hydrogen-bond donors (Lipinski definition) is 2. The van der Waals surface area contributed by atoms with Crippen molar-refractivity contribution in [3.8, 4) is 0 Å². The lowest BCUT2D eigenvalue weighted by Gasteiger charge is -2.21. The molecule has 0 amide bonds. The second kappa shape index (κ2) is 3.88. The maximum Gasteiger partial charge on any atom is 0.137 e. The van der Waals surface area contributed by atoms with E-state index in [1.54, 1.807) is 0 Å². The van der Waals surface area contributed by atoms with E-state index >= 15 is 0 Å². The molecular formula is C12H15N3O. The Morgan fingerprint density at radius 1 is 1.44 bits per heavy atom. The fourth-order valence-electron chi connectivity index (χ4n) is 2.09. The Morgan fingerprint density at radius 3 is 3.12 bits per heavy atom. The average molecular weight is 217 g/mol. The first-order valence-corrected chi connectivity index (χ1v) is 5.62. The fourth-order valence-corrected chi connectivity index (χ4v) is 2.09. The SMILES string of the molecule is Cc1cccc2[nH]c(C3CNCCO3)nc12. The molecule has 0 spiro atoms. The molecule has 1 fully saturated rings. The number of benzene rings is 1. The number of para-hydroxylation sites is 1. The first-order valence-electron chi connectivity index (χ1n) is 5.62. The number of nitrogens with zero attached hydrogens (tertiary/aromatic N) is 1. The van der Waals surface area contributed by atoms with Gasteiger partial charge in [0.1, 0.15) is 11.9 Å². The van der Waals surface area contributed by atoms with Crippen LogP contribution in [0.4, 0.5) is 0 Å². The van der Waals surface area contributed by atoms with Gasteiger partial charge in [-0.2, -0.15) is 0 Å². The highest BCUT2D eigenvalue weighted by Gasteiger charge is 2.19. The summed E-state index contributed by atoms with van der Waals surface area (Å²) in [7, 11) is 0. The van der Waals surface area contributed by atoms with Crippen LogP contribution in [0.3, 0.4) is 0 Å². The summed E-state index contributed by atoms with van der Waals surface area (Å²) in [5, 5.41) is 3.31. The zero-order valence-corrected chi connectivity index (χ0v) is 9.29. The molecule has 4 nitrogen and oxygen atoms in total. The molecule has 0 bridgehead atoms. The van der Waals surface area contributed by atoms with E-state index in [-0.39, 0.29) is 6.10 Å². The second-order valence-electron chi connectivity index (χ2n) is 4.16. The molecular weight excluding hydrogens is 202 g/mol. The van der Waals surface area contributed by atoms with E-state index in [4.69, 9.17) is 4.74 Å². The van der Waals surface area contributed by atoms with Crippen molar-refractivity contribution >= 4 is 11.0 Å². The third-order valence-electron chi connectivity index (χ3n) is 2.97. The molecule has 1 aliphatic heterocycles. The summed E-state index contributed by atoms with van der Waals surface area (Å²) < 4.78 is 5.68. The lowest BCUT2D eigenvalue weighted by Crippen LogP contribution is -2.33. The van der Waals surface area contributed by atoms with E-state index in [1.165, 1.54) is 5.56 Å². The number of aromatic nitrogens is 2. The topological polar surface area (TPSA) is 49.9 Å². The van der Waals surface area contributed by atoms with E-state index in [0.717, 1.165) is 36.6 Å². The van der Waals surface area contributed by atoms with Crippen LogP contribution in [-0.4, -0.2) is 29.7 Å². The molecule has 1 aromatic carbocycles. The summed E-state index contributed by atoms with van der Waals surface area (Å²) in [6.07, 6.45) is 0.0561. The van der Waals surface area contributed by atoms with Crippen LogP contribution in [0.5, 0.6) is 0 Å². The van der Waals surface area contributed by atoms with Crippen LogP contribution in [0.1, 0.15) is 17.5 Å². The maximum absolute atomic E-state index is 5.68. The van der Waals surface area contributed by atoms with Crippen molar-refractivity contribution < 1.29 is 4.74 Å². The molecule has 0 saturated carbocycles. The zero-order chi connectivity index (χ0) is 11.0. The molecule has 2 aromatic rings. The molecule has 1 unspecified atom stereocenters. The van der Waals surface area contributed by atoms with Crippen molar-refractivity contribution in [1.29, 1.82) is 0 Å². The van der Waals surface area contributed by atoms with Gasteiger partial charge < -0.3 is 15.0 Å². The lowest BCUT2D eigenvalue weighted by molar-refractivity contribution is 0.0228. The number of H-pyrrole nitrogens is 1. The van der Waals surface area contributed by atoms with Crippen LogP contribution in [0.25, 0.3) is 11.0 Å². The van der Waals surface area contributed by atoms with Gasteiger partial charge in [0, 0.05) is 13.1 Å². The zero-order valence-electron chi connectivity index (χ0n) is 9.29. The van der Waals surface area contributed by atoms with Crippen LogP contribution >= 0.6 is 0 Å². The Balaban J connectivity index is 2.01. The van der Waals surface area contributed by atoms with Gasteiger partial charge in [-0.1, -0.05) is 12.1 Å². The quantitative estimate of drug-likeness (QED) is 0.761. The Kier molecular flexibility index (Phi) is 2.38. The summed E-state index contributed by atoms with van der Waals surface area (Å²) in [5.41, 5.74) is 3.33. The monoisotopic (exact) mass is 217 g/mol. The van der Waals surface area contributed by atoms with Crippen LogP contribution in [0.15, 0.2) is 18.2 Å². The summed E-state index contributed by atoms with van der Waals surface area (Å²) >= 11 is 0. The molecule has 4 heteroatoms. The molecule has 1 saturated heterocycles. The van der Waals surface area contributed by atoms with Crippen molar-refractivity contribution in [2.75, 3.05) is 19.7 Å². The smallest absolute Gasteiger partial charge is 0.137 e. The third kappa shape index (κ3) is 1.60. The molecule has 16 heavy (non-hydrogen) atoms. The van der Waals surface area contributed by atoms with Crippen LogP contribution in [-0.2, 0) is 4.74 Å². The van der Waals surface area contributed by atoms with Gasteiger partial charge in [-0.3, -0.25) is 0 Å². The molecule has 1 aromatic heterocycles. The minimum atomic E-state index is 0.0561. The fraction of sp³-hybridized carbons (Fsp3) is 0.417. The number of ether oxygens (including phenoxy) is 1. The Labute approximate surface area is 94.0 Å². The largest absolute Gasteiger partial charge is 0.368 e. The highest BCUT2D eigenvalue weighted by molar-refractivity contribution is 5.78. The van der Waals surface area contributed by atoms with E-state index < -0.39 is 0 Å². The highest BCUT2D eigenvalue weighted by atomic mass is 16.5. The molecule has 1 aliphatic rings. The van der Waals surface area contributed by atoms with Crippen LogP contribution < -0.4 is 5.32 Å². The summed E-state index contributed by atoms with van der Waals surface area (Å²) in [6.45, 7) is 4.59. The number of fused-ring (bicyclic) bond motifs is 1. The molecule has 84 valence electrons. The molecule has 2 N–H and O–H groups in total. The molecule has 0 aliphatic carbocycles. The number of nitrogens with one attached hydrogen (secondary N) is 2. The second-order valence-corrected chi connectivity index (χ2v) is 4.16. The summed E-state index contributed by atoms with van der Waals surface area (Å²) in [5.74, 6) is 0.927. The van der Waals surface area contributed by atoms with Gasteiger partial charge in [-0.15, -0.1) is 0 Å². The van der Waals surface area contributed by atoms with E-state index in [2.05, 4.69) is 34.3 Å². The first-order chi connectivity index (χ1) is 7.84. The van der Waals surface area contributed by atoms with Crippen molar-refractivity contribution in [2.45, 2.75) is 13.0 Å². The van der Waals surface area contributed by atoms with E-state index in [0.29, 0.717) is 0 Å². The lowest BCUT2D eigenvalue weighted by atomic mass is 10.2. The minimum absolute atomic E-state index is 0.0561. The number of rotatable bonds is 1. The molecule has 0 radical (unpaired) electrons. The standard InChI is InChI=1S/C12H15N3O/c1-8-3-2-4-9-11(8)15-12(14-9)10-7-13-5-6-16-10/h2-4,10,13H,5-7H2,1H3,(H,14,15). The number of aromatic amines is 1. The highest BCUT2D eigenvalue weighted by Crippen LogP contribution is 2.21. The Hall–Kier alpha value is -1.39. The van der Waals surface area contributed by atoms with Crippen molar-refractivity contribution in [1.82, 2.24) is 15.3 Å². The molecule has 2 heterocycles. The Morgan fingerprint density at radius 2 is 2.38 bits per heavy atom. The van der Waals surface area contributed by atoms with Crippen molar-refractivity contribution in [2.24, 2.45) is 0 Å². The summed E-state index contributed by atoms with van der Waals surface area (Å²) in [6, 6.07) is 6.17. The number of aryl methyl sites for hydroxylation is 1. The Bertz CT molecular complexity index is 500. The predicted molar refractivity (Wildman–Crippen MR) is 62.4 cm³/mol. The van der Waals surface area contributed by atoms with Gasteiger partial charge in [0.05, 0.1) is 17.6 Å². The van der Waals surface area contributed by atoms with Gasteiger partial charge in [0.15, 0.2) is 0 Å². The predicted octanol–water partition coefficient (Wildman–Crippen LogP) is 1.53. The summed E-state index contributed by atoms with van der Waals surface area (Å²) in [4.78, 5) is 7.95. The first kappa shape index (κ1) is 9.81. The van der Waals surface area contributed by atoms with Crippen molar-refractivity contribution in [3.63, 3.8) is 0 Å². The normalized spacial score (nSPS) is 21.4. The molecule has 1 atom stereocenters. The average Bonchev–Trinajstić information content (AvgIpc) is 2.76. The van der Waals surface area contributed by atoms with Crippen molar-refractivity contribution in [3.05, 3.63) is 29.6 Å². The van der Waals surface area contributed by atoms with Gasteiger partial charge in [-0.05, 0) is 18.6 Å².